The van der Waals surface area contributed by atoms with E-state index in [2.05, 4.69) is 26.0 Å². The van der Waals surface area contributed by atoms with Crippen molar-refractivity contribution in [2.24, 2.45) is 5.73 Å². The molecule has 8 nitrogen and oxygen atoms in total. The Kier molecular flexibility index (Phi) is 37.9. The second-order valence-electron chi connectivity index (χ2n) is 13.9. The summed E-state index contributed by atoms with van der Waals surface area (Å²) in [7, 11) is -4.27. The highest BCUT2D eigenvalue weighted by Gasteiger charge is 2.25. The van der Waals surface area contributed by atoms with Crippen molar-refractivity contribution < 1.29 is 32.8 Å². The molecule has 0 aliphatic carbocycles. The second kappa shape index (κ2) is 38.5. The zero-order valence-corrected chi connectivity index (χ0v) is 33.1. The Hall–Kier alpha value is -0.760. The van der Waals surface area contributed by atoms with Crippen molar-refractivity contribution in [3.05, 3.63) is 12.2 Å². The first kappa shape index (κ1) is 48.2. The van der Waals surface area contributed by atoms with Gasteiger partial charge in [-0.1, -0.05) is 167 Å². The van der Waals surface area contributed by atoms with Crippen LogP contribution in [0, 0.1) is 0 Å². The molecule has 0 saturated heterocycles. The molecule has 0 saturated carbocycles. The highest BCUT2D eigenvalue weighted by molar-refractivity contribution is 7.47. The molecule has 292 valence electrons. The first-order chi connectivity index (χ1) is 23.9. The smallest absolute Gasteiger partial charge is 0.457 e. The quantitative estimate of drug-likeness (QED) is 0.0278. The van der Waals surface area contributed by atoms with Crippen molar-refractivity contribution in [3.63, 3.8) is 0 Å². The fraction of sp³-hybridized carbons (Fsp3) is 0.925. The average Bonchev–Trinajstić information content (AvgIpc) is 3.09. The number of ether oxygens (including phenoxy) is 2. The van der Waals surface area contributed by atoms with Gasteiger partial charge in [0.05, 0.1) is 19.8 Å². The number of unbranched alkanes of at least 4 members (excludes halogenated alkanes) is 25. The fourth-order valence-electron chi connectivity index (χ4n) is 5.87. The van der Waals surface area contributed by atoms with E-state index in [0.29, 0.717) is 13.0 Å². The van der Waals surface area contributed by atoms with Gasteiger partial charge in [0, 0.05) is 19.6 Å². The van der Waals surface area contributed by atoms with Crippen molar-refractivity contribution in [1.82, 2.24) is 0 Å². The molecule has 0 fully saturated rings. The minimum atomic E-state index is -4.27. The number of phosphoric acid groups is 1. The summed E-state index contributed by atoms with van der Waals surface area (Å²) < 4.78 is 33.4. The van der Waals surface area contributed by atoms with Gasteiger partial charge in [-0.3, -0.25) is 13.8 Å². The van der Waals surface area contributed by atoms with Gasteiger partial charge in [0.1, 0.15) is 6.10 Å². The monoisotopic (exact) mass is 718 g/mol. The third-order valence-electron chi connectivity index (χ3n) is 8.93. The molecule has 0 radical (unpaired) electrons. The van der Waals surface area contributed by atoms with Crippen LogP contribution in [0.3, 0.4) is 0 Å². The number of phosphoric ester groups is 1. The maximum Gasteiger partial charge on any atom is 0.472 e. The molecule has 0 aromatic carbocycles. The molecule has 0 bridgehead atoms. The van der Waals surface area contributed by atoms with E-state index in [1.165, 1.54) is 148 Å². The first-order valence-electron chi connectivity index (χ1n) is 20.7. The van der Waals surface area contributed by atoms with E-state index < -0.39 is 13.9 Å². The van der Waals surface area contributed by atoms with Gasteiger partial charge in [-0.15, -0.1) is 0 Å². The molecule has 0 aromatic rings. The number of allylic oxidation sites excluding steroid dienone is 2. The van der Waals surface area contributed by atoms with Crippen LogP contribution in [0.2, 0.25) is 0 Å². The maximum atomic E-state index is 12.5. The summed E-state index contributed by atoms with van der Waals surface area (Å²) in [5.74, 6) is -0.330. The molecule has 0 aliphatic rings. The van der Waals surface area contributed by atoms with Crippen LogP contribution < -0.4 is 5.73 Å². The van der Waals surface area contributed by atoms with Crippen molar-refractivity contribution in [1.29, 1.82) is 0 Å². The Bertz CT molecular complexity index is 767. The number of carbonyl (C=O) groups excluding carboxylic acids is 1. The maximum absolute atomic E-state index is 12.5. The summed E-state index contributed by atoms with van der Waals surface area (Å²) in [5.41, 5.74) is 5.36. The van der Waals surface area contributed by atoms with Gasteiger partial charge in [-0.25, -0.2) is 4.57 Å². The zero-order valence-electron chi connectivity index (χ0n) is 32.2. The molecule has 0 amide bonds. The van der Waals surface area contributed by atoms with Crippen LogP contribution in [-0.2, 0) is 27.9 Å². The van der Waals surface area contributed by atoms with Crippen LogP contribution in [0.1, 0.15) is 200 Å². The Labute approximate surface area is 303 Å². The highest BCUT2D eigenvalue weighted by atomic mass is 31.2. The summed E-state index contributed by atoms with van der Waals surface area (Å²) >= 11 is 0. The van der Waals surface area contributed by atoms with Crippen LogP contribution in [0.15, 0.2) is 12.2 Å². The largest absolute Gasteiger partial charge is 0.472 e. The van der Waals surface area contributed by atoms with E-state index in [4.69, 9.17) is 24.3 Å². The zero-order chi connectivity index (χ0) is 35.9. The minimum Gasteiger partial charge on any atom is -0.457 e. The predicted octanol–water partition coefficient (Wildman–Crippen LogP) is 11.9. The molecular formula is C40H80NO7P. The number of esters is 1. The highest BCUT2D eigenvalue weighted by Crippen LogP contribution is 2.43. The third kappa shape index (κ3) is 38.3. The van der Waals surface area contributed by atoms with Gasteiger partial charge in [-0.05, 0) is 38.5 Å². The molecule has 0 spiro atoms. The van der Waals surface area contributed by atoms with Gasteiger partial charge in [0.2, 0.25) is 0 Å². The molecule has 0 heterocycles. The Morgan fingerprint density at radius 3 is 1.49 bits per heavy atom. The fourth-order valence-corrected chi connectivity index (χ4v) is 6.64. The standard InChI is InChI=1S/C40H80NO7P/c1-3-5-7-9-11-13-15-17-18-19-20-21-22-24-26-28-30-32-35-45-37-39(38-47-49(43,44)46-36-34-41)48-40(42)33-31-29-27-25-23-16-14-12-10-8-6-4-2/h17-18,39H,3-16,19-38,41H2,1-2H3,(H,43,44)/b18-17-. The van der Waals surface area contributed by atoms with E-state index >= 15 is 0 Å². The first-order valence-corrected chi connectivity index (χ1v) is 22.2. The summed E-state index contributed by atoms with van der Waals surface area (Å²) in [6.45, 7) is 4.94. The Morgan fingerprint density at radius 1 is 0.592 bits per heavy atom. The number of hydrogen-bond acceptors (Lipinski definition) is 7. The van der Waals surface area contributed by atoms with Crippen molar-refractivity contribution >= 4 is 13.8 Å². The lowest BCUT2D eigenvalue weighted by Crippen LogP contribution is -2.28. The molecule has 0 rings (SSSR count). The van der Waals surface area contributed by atoms with Gasteiger partial charge in [-0.2, -0.15) is 0 Å². The van der Waals surface area contributed by atoms with Crippen molar-refractivity contribution in [3.8, 4) is 0 Å². The molecule has 0 aliphatic heterocycles. The van der Waals surface area contributed by atoms with Gasteiger partial charge in [0.15, 0.2) is 0 Å². The van der Waals surface area contributed by atoms with E-state index in [1.807, 2.05) is 0 Å². The molecule has 9 heteroatoms. The van der Waals surface area contributed by atoms with E-state index in [0.717, 1.165) is 32.1 Å². The lowest BCUT2D eigenvalue weighted by molar-refractivity contribution is -0.154. The summed E-state index contributed by atoms with van der Waals surface area (Å²) in [6.07, 6.45) is 39.4. The minimum absolute atomic E-state index is 0.0929. The molecule has 0 aromatic heterocycles. The summed E-state index contributed by atoms with van der Waals surface area (Å²) in [4.78, 5) is 22.4. The van der Waals surface area contributed by atoms with Gasteiger partial charge in [0.25, 0.3) is 0 Å². The van der Waals surface area contributed by atoms with E-state index in [1.54, 1.807) is 0 Å². The normalized spacial score (nSPS) is 13.6. The van der Waals surface area contributed by atoms with Crippen LogP contribution in [0.5, 0.6) is 0 Å². The lowest BCUT2D eigenvalue weighted by atomic mass is 10.0. The van der Waals surface area contributed by atoms with Gasteiger partial charge >= 0.3 is 13.8 Å². The van der Waals surface area contributed by atoms with Crippen LogP contribution in [-0.4, -0.2) is 49.9 Å². The summed E-state index contributed by atoms with van der Waals surface area (Å²) in [6, 6.07) is 0. The molecule has 3 N–H and O–H groups in total. The number of rotatable bonds is 40. The van der Waals surface area contributed by atoms with E-state index in [-0.39, 0.29) is 32.3 Å². The SMILES string of the molecule is CCCCCCCC/C=C\CCCCCCCCCCOCC(COP(=O)(O)OCCN)OC(=O)CCCCCCCCCCCCCC. The number of carbonyl (C=O) groups is 1. The van der Waals surface area contributed by atoms with Crippen molar-refractivity contribution in [2.75, 3.05) is 33.0 Å². The van der Waals surface area contributed by atoms with Crippen LogP contribution in [0.25, 0.3) is 0 Å². The topological polar surface area (TPSA) is 117 Å². The van der Waals surface area contributed by atoms with Crippen LogP contribution >= 0.6 is 7.82 Å². The predicted molar refractivity (Wildman–Crippen MR) is 206 cm³/mol. The molecular weight excluding hydrogens is 637 g/mol. The lowest BCUT2D eigenvalue weighted by Gasteiger charge is -2.20. The summed E-state index contributed by atoms with van der Waals surface area (Å²) in [5, 5.41) is 0. The average molecular weight is 718 g/mol. The van der Waals surface area contributed by atoms with Crippen molar-refractivity contribution in [2.45, 2.75) is 206 Å². The number of hydrogen-bond donors (Lipinski definition) is 2. The molecule has 49 heavy (non-hydrogen) atoms. The molecule has 2 atom stereocenters. The van der Waals surface area contributed by atoms with Crippen LogP contribution in [0.4, 0.5) is 0 Å². The third-order valence-corrected chi connectivity index (χ3v) is 9.92. The number of nitrogens with two attached hydrogens (primary N) is 1. The Morgan fingerprint density at radius 2 is 1.02 bits per heavy atom. The van der Waals surface area contributed by atoms with E-state index in [9.17, 15) is 14.3 Å². The Balaban J connectivity index is 4.00. The second-order valence-corrected chi connectivity index (χ2v) is 15.3. The van der Waals surface area contributed by atoms with Gasteiger partial charge < -0.3 is 20.1 Å². The molecule has 2 unspecified atom stereocenters.